The number of hydrogen-bond donors (Lipinski definition) is 1. The summed E-state index contributed by atoms with van der Waals surface area (Å²) in [6.45, 7) is 15.7. The molecule has 0 amide bonds. The third-order valence-electron chi connectivity index (χ3n) is 5.95. The van der Waals surface area contributed by atoms with Gasteiger partial charge in [-0.2, -0.15) is 0 Å². The van der Waals surface area contributed by atoms with Gasteiger partial charge in [-0.3, -0.25) is 4.90 Å². The van der Waals surface area contributed by atoms with Gasteiger partial charge in [0.2, 0.25) is 0 Å². The van der Waals surface area contributed by atoms with Crippen LogP contribution in [0.25, 0.3) is 0 Å². The summed E-state index contributed by atoms with van der Waals surface area (Å²) in [4.78, 5) is 2.58. The lowest BCUT2D eigenvalue weighted by atomic mass is 10.1. The van der Waals surface area contributed by atoms with Crippen LogP contribution in [0.4, 0.5) is 5.69 Å². The van der Waals surface area contributed by atoms with Gasteiger partial charge < -0.3 is 5.32 Å². The van der Waals surface area contributed by atoms with Gasteiger partial charge in [-0.1, -0.05) is 38.1 Å². The highest BCUT2D eigenvalue weighted by atomic mass is 15.1. The number of aryl methyl sites for hydroxylation is 1. The minimum Gasteiger partial charge on any atom is -0.359 e. The zero-order chi connectivity index (χ0) is 20.4. The SMILES string of the molecule is C=CC.CCC=C(CCCC1CC1C)Nc1cc(CN2CCCC2)ccc1C. The van der Waals surface area contributed by atoms with Crippen molar-refractivity contribution in [2.75, 3.05) is 18.4 Å². The number of anilines is 1. The average molecular weight is 383 g/mol. The topological polar surface area (TPSA) is 15.3 Å². The van der Waals surface area contributed by atoms with Crippen molar-refractivity contribution in [3.05, 3.63) is 53.8 Å². The summed E-state index contributed by atoms with van der Waals surface area (Å²) >= 11 is 0. The maximum absolute atomic E-state index is 3.76. The molecule has 1 aromatic carbocycles. The van der Waals surface area contributed by atoms with Gasteiger partial charge in [-0.05, 0) is 101 Å². The number of allylic oxidation sites excluding steroid dienone is 3. The molecule has 0 aromatic heterocycles. The van der Waals surface area contributed by atoms with Crippen LogP contribution in [-0.2, 0) is 6.54 Å². The number of likely N-dealkylation sites (tertiary alicyclic amines) is 1. The average Bonchev–Trinajstić information content (AvgIpc) is 3.13. The molecule has 0 spiro atoms. The fourth-order valence-corrected chi connectivity index (χ4v) is 4.09. The third kappa shape index (κ3) is 7.83. The first-order chi connectivity index (χ1) is 13.6. The molecule has 2 nitrogen and oxygen atoms in total. The van der Waals surface area contributed by atoms with Crippen LogP contribution in [0, 0.1) is 18.8 Å². The third-order valence-corrected chi connectivity index (χ3v) is 5.95. The van der Waals surface area contributed by atoms with Crippen LogP contribution >= 0.6 is 0 Å². The Balaban J connectivity index is 0.000000878. The Hall–Kier alpha value is -1.54. The predicted molar refractivity (Wildman–Crippen MR) is 125 cm³/mol. The van der Waals surface area contributed by atoms with Crippen molar-refractivity contribution in [3.8, 4) is 0 Å². The Morgan fingerprint density at radius 3 is 2.57 bits per heavy atom. The largest absolute Gasteiger partial charge is 0.359 e. The molecule has 3 rings (SSSR count). The van der Waals surface area contributed by atoms with E-state index in [-0.39, 0.29) is 0 Å². The molecule has 0 radical (unpaired) electrons. The minimum atomic E-state index is 0.982. The molecular formula is C26H42N2. The Labute approximate surface area is 174 Å². The number of nitrogens with one attached hydrogen (secondary N) is 1. The van der Waals surface area contributed by atoms with Crippen LogP contribution in [0.1, 0.15) is 76.8 Å². The summed E-state index contributed by atoms with van der Waals surface area (Å²) in [6, 6.07) is 6.96. The number of nitrogens with zero attached hydrogens (tertiary/aromatic N) is 1. The Morgan fingerprint density at radius 1 is 1.29 bits per heavy atom. The van der Waals surface area contributed by atoms with Crippen molar-refractivity contribution in [3.63, 3.8) is 0 Å². The molecule has 2 aliphatic rings. The van der Waals surface area contributed by atoms with Crippen LogP contribution in [0.5, 0.6) is 0 Å². The highest BCUT2D eigenvalue weighted by Gasteiger charge is 2.31. The molecule has 1 saturated heterocycles. The smallest absolute Gasteiger partial charge is 0.0414 e. The second kappa shape index (κ2) is 12.1. The van der Waals surface area contributed by atoms with Crippen LogP contribution in [0.2, 0.25) is 0 Å². The monoisotopic (exact) mass is 382 g/mol. The van der Waals surface area contributed by atoms with Crippen LogP contribution < -0.4 is 5.32 Å². The number of rotatable bonds is 9. The lowest BCUT2D eigenvalue weighted by Gasteiger charge is -2.18. The zero-order valence-corrected chi connectivity index (χ0v) is 18.8. The Morgan fingerprint density at radius 2 is 1.96 bits per heavy atom. The molecule has 1 heterocycles. The summed E-state index contributed by atoms with van der Waals surface area (Å²) in [7, 11) is 0. The second-order valence-electron chi connectivity index (χ2n) is 8.67. The van der Waals surface area contributed by atoms with Gasteiger partial charge >= 0.3 is 0 Å². The van der Waals surface area contributed by atoms with Crippen molar-refractivity contribution in [1.82, 2.24) is 4.90 Å². The van der Waals surface area contributed by atoms with Gasteiger partial charge in [-0.25, -0.2) is 0 Å². The van der Waals surface area contributed by atoms with Gasteiger partial charge in [0, 0.05) is 17.9 Å². The predicted octanol–water partition coefficient (Wildman–Crippen LogP) is 7.32. The molecule has 1 N–H and O–H groups in total. The van der Waals surface area contributed by atoms with E-state index in [9.17, 15) is 0 Å². The molecule has 1 saturated carbocycles. The summed E-state index contributed by atoms with van der Waals surface area (Å²) in [6.07, 6.45) is 13.3. The fraction of sp³-hybridized carbons (Fsp3) is 0.615. The van der Waals surface area contributed by atoms with E-state index in [2.05, 4.69) is 61.8 Å². The first-order valence-electron chi connectivity index (χ1n) is 11.4. The first-order valence-corrected chi connectivity index (χ1v) is 11.4. The summed E-state index contributed by atoms with van der Waals surface area (Å²) in [5.74, 6) is 1.99. The highest BCUT2D eigenvalue weighted by Crippen LogP contribution is 2.41. The molecular weight excluding hydrogens is 340 g/mol. The highest BCUT2D eigenvalue weighted by molar-refractivity contribution is 5.56. The van der Waals surface area contributed by atoms with Gasteiger partial charge in [0.05, 0.1) is 0 Å². The molecule has 2 atom stereocenters. The number of hydrogen-bond acceptors (Lipinski definition) is 2. The maximum Gasteiger partial charge on any atom is 0.0414 e. The van der Waals surface area contributed by atoms with Crippen molar-refractivity contribution in [1.29, 1.82) is 0 Å². The van der Waals surface area contributed by atoms with E-state index >= 15 is 0 Å². The molecule has 28 heavy (non-hydrogen) atoms. The lowest BCUT2D eigenvalue weighted by Crippen LogP contribution is -2.18. The second-order valence-corrected chi connectivity index (χ2v) is 8.67. The van der Waals surface area contributed by atoms with Gasteiger partial charge in [0.1, 0.15) is 0 Å². The molecule has 1 aliphatic heterocycles. The van der Waals surface area contributed by atoms with E-state index < -0.39 is 0 Å². The summed E-state index contributed by atoms with van der Waals surface area (Å²) < 4.78 is 0. The zero-order valence-electron chi connectivity index (χ0n) is 18.8. The summed E-state index contributed by atoms with van der Waals surface area (Å²) in [5.41, 5.74) is 5.51. The van der Waals surface area contributed by atoms with E-state index in [1.807, 2.05) is 6.92 Å². The Kier molecular flexibility index (Phi) is 9.84. The van der Waals surface area contributed by atoms with Crippen LogP contribution in [0.3, 0.4) is 0 Å². The molecule has 2 fully saturated rings. The van der Waals surface area contributed by atoms with Crippen LogP contribution in [-0.4, -0.2) is 18.0 Å². The molecule has 2 heteroatoms. The lowest BCUT2D eigenvalue weighted by molar-refractivity contribution is 0.331. The van der Waals surface area contributed by atoms with Crippen LogP contribution in [0.15, 0.2) is 42.6 Å². The van der Waals surface area contributed by atoms with E-state index in [1.165, 1.54) is 74.1 Å². The van der Waals surface area contributed by atoms with Gasteiger partial charge in [0.25, 0.3) is 0 Å². The van der Waals surface area contributed by atoms with Crippen molar-refractivity contribution in [2.24, 2.45) is 11.8 Å². The fourth-order valence-electron chi connectivity index (χ4n) is 4.09. The van der Waals surface area contributed by atoms with Gasteiger partial charge in [0.15, 0.2) is 0 Å². The normalized spacial score (nSPS) is 21.8. The first kappa shape index (κ1) is 22.7. The molecule has 1 aliphatic carbocycles. The minimum absolute atomic E-state index is 0.982. The van der Waals surface area contributed by atoms with Crippen molar-refractivity contribution >= 4 is 5.69 Å². The van der Waals surface area contributed by atoms with E-state index in [4.69, 9.17) is 0 Å². The molecule has 156 valence electrons. The van der Waals surface area contributed by atoms with Crippen molar-refractivity contribution in [2.45, 2.75) is 79.2 Å². The Bertz CT molecular complexity index is 625. The molecule has 0 bridgehead atoms. The van der Waals surface area contributed by atoms with Crippen molar-refractivity contribution < 1.29 is 0 Å². The maximum atomic E-state index is 3.76. The number of benzene rings is 1. The standard InChI is InChI=1S/C23H36N2.C3H6/c1-4-8-22(10-7-9-21-15-19(21)3)24-23-16-20(12-11-18(23)2)17-25-13-5-6-14-25;1-3-2/h8,11-12,16,19,21,24H,4-7,9-10,13-15,17H2,1-3H3;3H,1H2,2H3. The quantitative estimate of drug-likeness (QED) is 0.450. The van der Waals surface area contributed by atoms with E-state index in [0.717, 1.165) is 24.8 Å². The van der Waals surface area contributed by atoms with E-state index in [0.29, 0.717) is 0 Å². The summed E-state index contributed by atoms with van der Waals surface area (Å²) in [5, 5.41) is 3.76. The molecule has 1 aromatic rings. The molecule has 2 unspecified atom stereocenters. The van der Waals surface area contributed by atoms with Gasteiger partial charge in [-0.15, -0.1) is 6.58 Å². The van der Waals surface area contributed by atoms with E-state index in [1.54, 1.807) is 6.08 Å².